The van der Waals surface area contributed by atoms with Crippen LogP contribution in [0.5, 0.6) is 0 Å². The molecule has 0 radical (unpaired) electrons. The number of aryl methyl sites for hydroxylation is 1. The minimum Gasteiger partial charge on any atom is -0.313 e. The summed E-state index contributed by atoms with van der Waals surface area (Å²) in [5.41, 5.74) is 2.18. The predicted octanol–water partition coefficient (Wildman–Crippen LogP) is 1.69. The second-order valence-corrected chi connectivity index (χ2v) is 6.76. The minimum absolute atomic E-state index is 0.109. The molecular formula is C15H18N5O2S+. The number of nitrogens with one attached hydrogen (secondary N) is 1. The molecule has 0 aliphatic carbocycles. The van der Waals surface area contributed by atoms with Gasteiger partial charge in [-0.2, -0.15) is 5.10 Å². The molecule has 0 fully saturated rings. The molecule has 1 atom stereocenters. The predicted molar refractivity (Wildman–Crippen MR) is 88.6 cm³/mol. The number of thiazole rings is 1. The molecule has 120 valence electrons. The van der Waals surface area contributed by atoms with E-state index >= 15 is 0 Å². The Morgan fingerprint density at radius 2 is 2.09 bits per heavy atom. The molecule has 0 aliphatic rings. The largest absolute Gasteiger partial charge is 0.313 e. The summed E-state index contributed by atoms with van der Waals surface area (Å²) in [5, 5.41) is 16.4. The van der Waals surface area contributed by atoms with Gasteiger partial charge in [-0.05, 0) is 26.0 Å². The number of hydrogen-bond donors (Lipinski definition) is 1. The first-order valence-corrected chi connectivity index (χ1v) is 8.11. The van der Waals surface area contributed by atoms with Crippen LogP contribution < -0.4 is 4.90 Å². The molecule has 8 heteroatoms. The van der Waals surface area contributed by atoms with Crippen LogP contribution in [-0.2, 0) is 13.2 Å². The number of benzene rings is 1. The van der Waals surface area contributed by atoms with Crippen molar-refractivity contribution in [3.05, 3.63) is 50.8 Å². The summed E-state index contributed by atoms with van der Waals surface area (Å²) in [6.07, 6.45) is 0. The maximum Gasteiger partial charge on any atom is 0.312 e. The summed E-state index contributed by atoms with van der Waals surface area (Å²) in [4.78, 5) is 16.5. The van der Waals surface area contributed by atoms with E-state index in [1.165, 1.54) is 9.60 Å². The van der Waals surface area contributed by atoms with Gasteiger partial charge < -0.3 is 4.90 Å². The molecule has 0 amide bonds. The molecule has 0 saturated carbocycles. The van der Waals surface area contributed by atoms with Gasteiger partial charge in [0.15, 0.2) is 6.67 Å². The minimum atomic E-state index is -0.364. The Kier molecular flexibility index (Phi) is 4.10. The van der Waals surface area contributed by atoms with Gasteiger partial charge in [0.05, 0.1) is 22.2 Å². The lowest BCUT2D eigenvalue weighted by atomic mass is 10.3. The van der Waals surface area contributed by atoms with E-state index in [4.69, 9.17) is 0 Å². The van der Waals surface area contributed by atoms with Crippen molar-refractivity contribution in [3.63, 3.8) is 0 Å². The molecule has 23 heavy (non-hydrogen) atoms. The highest BCUT2D eigenvalue weighted by Crippen LogP contribution is 2.22. The molecule has 1 aromatic carbocycles. The molecule has 2 aromatic heterocycles. The Hall–Kier alpha value is -2.32. The first kappa shape index (κ1) is 15.6. The van der Waals surface area contributed by atoms with E-state index in [0.717, 1.165) is 17.1 Å². The number of para-hydroxylation sites is 1. The number of nitrogens with zero attached hydrogens (tertiary/aromatic N) is 4. The number of aromatic nitrogens is 3. The fourth-order valence-corrected chi connectivity index (χ4v) is 3.75. The van der Waals surface area contributed by atoms with Crippen molar-refractivity contribution >= 4 is 27.2 Å². The van der Waals surface area contributed by atoms with E-state index in [2.05, 4.69) is 16.1 Å². The van der Waals surface area contributed by atoms with Crippen LogP contribution in [0.3, 0.4) is 0 Å². The molecular weight excluding hydrogens is 314 g/mol. The van der Waals surface area contributed by atoms with Gasteiger partial charge in [0.1, 0.15) is 22.9 Å². The van der Waals surface area contributed by atoms with Crippen molar-refractivity contribution < 1.29 is 9.82 Å². The van der Waals surface area contributed by atoms with E-state index in [1.54, 1.807) is 29.9 Å². The Labute approximate surface area is 137 Å². The average molecular weight is 332 g/mol. The summed E-state index contributed by atoms with van der Waals surface area (Å²) in [7, 11) is 2.04. The van der Waals surface area contributed by atoms with Crippen molar-refractivity contribution in [3.8, 4) is 0 Å². The van der Waals surface area contributed by atoms with Crippen LogP contribution in [0.4, 0.5) is 5.69 Å². The lowest BCUT2D eigenvalue weighted by Crippen LogP contribution is -3.07. The third-order valence-electron chi connectivity index (χ3n) is 3.74. The van der Waals surface area contributed by atoms with Crippen molar-refractivity contribution in [2.24, 2.45) is 0 Å². The maximum absolute atomic E-state index is 11.1. The second-order valence-electron chi connectivity index (χ2n) is 5.64. The fourth-order valence-electron chi connectivity index (χ4n) is 2.67. The van der Waals surface area contributed by atoms with Crippen LogP contribution in [0.2, 0.25) is 0 Å². The first-order chi connectivity index (χ1) is 11.0. The zero-order valence-electron chi connectivity index (χ0n) is 13.2. The zero-order chi connectivity index (χ0) is 16.6. The molecule has 3 aromatic rings. The van der Waals surface area contributed by atoms with Gasteiger partial charge >= 0.3 is 5.69 Å². The Bertz CT molecular complexity index is 837. The summed E-state index contributed by atoms with van der Waals surface area (Å²) in [5.74, 6) is 0. The van der Waals surface area contributed by atoms with Crippen molar-refractivity contribution in [2.45, 2.75) is 27.1 Å². The lowest BCUT2D eigenvalue weighted by Gasteiger charge is -2.13. The van der Waals surface area contributed by atoms with E-state index in [0.29, 0.717) is 18.1 Å². The molecule has 7 nitrogen and oxygen atoms in total. The number of nitro groups is 1. The van der Waals surface area contributed by atoms with Crippen LogP contribution in [0.25, 0.3) is 10.2 Å². The highest BCUT2D eigenvalue weighted by Gasteiger charge is 2.23. The molecule has 1 unspecified atom stereocenters. The van der Waals surface area contributed by atoms with Gasteiger partial charge in [-0.3, -0.25) is 10.1 Å². The van der Waals surface area contributed by atoms with Gasteiger partial charge in [-0.1, -0.05) is 12.1 Å². The number of rotatable bonds is 5. The highest BCUT2D eigenvalue weighted by molar-refractivity contribution is 7.18. The van der Waals surface area contributed by atoms with Crippen molar-refractivity contribution in [1.29, 1.82) is 0 Å². The van der Waals surface area contributed by atoms with Gasteiger partial charge in [-0.25, -0.2) is 9.67 Å². The van der Waals surface area contributed by atoms with E-state index in [1.807, 2.05) is 25.2 Å². The number of fused-ring (bicyclic) bond motifs is 1. The molecule has 0 spiro atoms. The second kappa shape index (κ2) is 6.05. The molecule has 3 rings (SSSR count). The monoisotopic (exact) mass is 332 g/mol. The summed E-state index contributed by atoms with van der Waals surface area (Å²) in [6.45, 7) is 4.73. The number of hydrogen-bond acceptors (Lipinski definition) is 5. The Morgan fingerprint density at radius 3 is 2.74 bits per heavy atom. The molecule has 0 saturated heterocycles. The molecule has 0 aliphatic heterocycles. The normalized spacial score (nSPS) is 12.7. The van der Waals surface area contributed by atoms with Crippen LogP contribution in [0, 0.1) is 24.0 Å². The van der Waals surface area contributed by atoms with Gasteiger partial charge in [0.25, 0.3) is 0 Å². The zero-order valence-corrected chi connectivity index (χ0v) is 14.1. The quantitative estimate of drug-likeness (QED) is 0.570. The Morgan fingerprint density at radius 1 is 1.35 bits per heavy atom. The molecule has 0 bridgehead atoms. The summed E-state index contributed by atoms with van der Waals surface area (Å²) >= 11 is 1.68. The maximum atomic E-state index is 11.1. The van der Waals surface area contributed by atoms with Crippen LogP contribution in [-0.4, -0.2) is 26.7 Å². The van der Waals surface area contributed by atoms with Crippen LogP contribution >= 0.6 is 11.3 Å². The van der Waals surface area contributed by atoms with Crippen LogP contribution in [0.15, 0.2) is 24.3 Å². The number of quaternary nitrogens is 1. The topological polar surface area (TPSA) is 78.3 Å². The highest BCUT2D eigenvalue weighted by atomic mass is 32.1. The standard InChI is InChI=1S/C15H17N5O2S/c1-10-15(20(21)22)11(2)19(17-10)9-18(3)8-14-16-12-6-4-5-7-13(12)23-14/h4-7H,8-9H2,1-3H3/p+1. The SMILES string of the molecule is Cc1nn(C[NH+](C)Cc2nc3ccccc3s2)c(C)c1[N+](=O)[O-]. The lowest BCUT2D eigenvalue weighted by molar-refractivity contribution is -0.917. The van der Waals surface area contributed by atoms with Gasteiger partial charge in [0, 0.05) is 0 Å². The fraction of sp³-hybridized carbons (Fsp3) is 0.333. The van der Waals surface area contributed by atoms with Gasteiger partial charge in [-0.15, -0.1) is 11.3 Å². The molecule has 1 N–H and O–H groups in total. The van der Waals surface area contributed by atoms with E-state index in [-0.39, 0.29) is 10.6 Å². The Balaban J connectivity index is 1.75. The first-order valence-electron chi connectivity index (χ1n) is 7.30. The molecule has 2 heterocycles. The third-order valence-corrected chi connectivity index (χ3v) is 4.77. The van der Waals surface area contributed by atoms with Gasteiger partial charge in [0.2, 0.25) is 0 Å². The third kappa shape index (κ3) is 3.08. The van der Waals surface area contributed by atoms with Crippen LogP contribution in [0.1, 0.15) is 16.4 Å². The van der Waals surface area contributed by atoms with Crippen molar-refractivity contribution in [2.75, 3.05) is 7.05 Å². The summed E-state index contributed by atoms with van der Waals surface area (Å²) < 4.78 is 2.88. The van der Waals surface area contributed by atoms with Crippen molar-refractivity contribution in [1.82, 2.24) is 14.8 Å². The summed E-state index contributed by atoms with van der Waals surface area (Å²) in [6, 6.07) is 8.07. The average Bonchev–Trinajstić information content (AvgIpc) is 2.99. The van der Waals surface area contributed by atoms with E-state index < -0.39 is 0 Å². The smallest absolute Gasteiger partial charge is 0.312 e. The van der Waals surface area contributed by atoms with E-state index in [9.17, 15) is 10.1 Å².